The molecule has 2 aromatic rings. The first kappa shape index (κ1) is 28.9. The number of carbonyl (C=O) groups excluding carboxylic acids is 1. The number of rotatable bonds is 10. The monoisotopic (exact) mass is 565 g/mol. The smallest absolute Gasteiger partial charge is 0.253 e. The van der Waals surface area contributed by atoms with E-state index in [1.807, 2.05) is 30.3 Å². The summed E-state index contributed by atoms with van der Waals surface area (Å²) in [6, 6.07) is 18.5. The van der Waals surface area contributed by atoms with E-state index in [-0.39, 0.29) is 41.5 Å². The molecule has 0 aliphatic carbocycles. The number of benzene rings is 2. The molecular formula is C26H40IN5O. The number of carbonyl (C=O) groups is 1. The Morgan fingerprint density at radius 1 is 1.00 bits per heavy atom. The highest BCUT2D eigenvalue weighted by molar-refractivity contribution is 14.0. The van der Waals surface area contributed by atoms with E-state index in [2.05, 4.69) is 66.0 Å². The number of hydrogen-bond donors (Lipinski definition) is 3. The Bertz CT molecular complexity index is 864. The molecule has 0 aliphatic rings. The summed E-state index contributed by atoms with van der Waals surface area (Å²) in [6.45, 7) is 8.07. The summed E-state index contributed by atoms with van der Waals surface area (Å²) in [4.78, 5) is 18.0. The highest BCUT2D eigenvalue weighted by Crippen LogP contribution is 2.21. The first-order valence-electron chi connectivity index (χ1n) is 11.4. The van der Waals surface area contributed by atoms with E-state index in [4.69, 9.17) is 0 Å². The number of amides is 1. The molecule has 0 aliphatic heterocycles. The van der Waals surface area contributed by atoms with Gasteiger partial charge in [0.2, 0.25) is 0 Å². The molecule has 0 radical (unpaired) electrons. The second-order valence-electron chi connectivity index (χ2n) is 8.44. The normalized spacial score (nSPS) is 12.5. The minimum Gasteiger partial charge on any atom is -0.355 e. The van der Waals surface area contributed by atoms with Crippen LogP contribution < -0.4 is 16.0 Å². The first-order chi connectivity index (χ1) is 15.3. The fourth-order valence-electron chi connectivity index (χ4n) is 3.72. The van der Waals surface area contributed by atoms with E-state index >= 15 is 0 Å². The van der Waals surface area contributed by atoms with Crippen LogP contribution in [0.15, 0.2) is 59.6 Å². The van der Waals surface area contributed by atoms with Crippen molar-refractivity contribution in [2.45, 2.75) is 51.7 Å². The molecule has 0 spiro atoms. The summed E-state index contributed by atoms with van der Waals surface area (Å²) in [5.74, 6) is 0.772. The van der Waals surface area contributed by atoms with E-state index in [0.29, 0.717) is 12.1 Å². The summed E-state index contributed by atoms with van der Waals surface area (Å²) < 4.78 is 0. The lowest BCUT2D eigenvalue weighted by Gasteiger charge is -2.37. The molecule has 0 bridgehead atoms. The quantitative estimate of drug-likeness (QED) is 0.224. The van der Waals surface area contributed by atoms with Crippen LogP contribution in [0.1, 0.15) is 61.1 Å². The molecule has 0 fully saturated rings. The Morgan fingerprint density at radius 3 is 2.12 bits per heavy atom. The van der Waals surface area contributed by atoms with Gasteiger partial charge in [-0.2, -0.15) is 0 Å². The minimum absolute atomic E-state index is 0. The number of guanidine groups is 1. The largest absolute Gasteiger partial charge is 0.355 e. The second kappa shape index (κ2) is 14.2. The fourth-order valence-corrected chi connectivity index (χ4v) is 3.72. The van der Waals surface area contributed by atoms with Crippen molar-refractivity contribution in [3.8, 4) is 0 Å². The van der Waals surface area contributed by atoms with Gasteiger partial charge in [-0.25, -0.2) is 0 Å². The lowest BCUT2D eigenvalue weighted by Crippen LogP contribution is -2.55. The zero-order valence-corrected chi connectivity index (χ0v) is 23.1. The van der Waals surface area contributed by atoms with Crippen LogP contribution in [-0.2, 0) is 6.54 Å². The van der Waals surface area contributed by atoms with Crippen LogP contribution in [-0.4, -0.2) is 50.0 Å². The second-order valence-corrected chi connectivity index (χ2v) is 8.44. The van der Waals surface area contributed by atoms with Crippen molar-refractivity contribution >= 4 is 35.8 Å². The molecular weight excluding hydrogens is 525 g/mol. The third-order valence-corrected chi connectivity index (χ3v) is 6.06. The van der Waals surface area contributed by atoms with Crippen LogP contribution >= 0.6 is 24.0 Å². The van der Waals surface area contributed by atoms with Crippen molar-refractivity contribution in [3.05, 3.63) is 71.3 Å². The van der Waals surface area contributed by atoms with Crippen LogP contribution in [0, 0.1) is 0 Å². The standard InChI is InChI=1S/C26H39N5O.HI/c1-7-26(8-2,30-20(3)22-12-10-9-11-13-22)19-29-25(27-4)28-18-21-14-16-23(17-15-21)24(32)31(5)6;/h9-17,20,30H,7-8,18-19H2,1-6H3,(H2,27,28,29);1H. The maximum Gasteiger partial charge on any atom is 0.253 e. The number of aliphatic imine (C=N–C) groups is 1. The van der Waals surface area contributed by atoms with E-state index in [0.717, 1.165) is 30.9 Å². The van der Waals surface area contributed by atoms with E-state index in [1.54, 1.807) is 26.0 Å². The molecule has 2 rings (SSSR count). The molecule has 3 N–H and O–H groups in total. The van der Waals surface area contributed by atoms with Crippen LogP contribution in [0.2, 0.25) is 0 Å². The van der Waals surface area contributed by atoms with Crippen molar-refractivity contribution < 1.29 is 4.79 Å². The molecule has 1 unspecified atom stereocenters. The Morgan fingerprint density at radius 2 is 1.61 bits per heavy atom. The van der Waals surface area contributed by atoms with Gasteiger partial charge in [0.25, 0.3) is 5.91 Å². The van der Waals surface area contributed by atoms with Gasteiger partial charge in [0, 0.05) is 51.4 Å². The Hall–Kier alpha value is -2.13. The van der Waals surface area contributed by atoms with Gasteiger partial charge in [0.1, 0.15) is 0 Å². The van der Waals surface area contributed by atoms with Crippen molar-refractivity contribution in [3.63, 3.8) is 0 Å². The lowest BCUT2D eigenvalue weighted by molar-refractivity contribution is 0.0827. The highest BCUT2D eigenvalue weighted by atomic mass is 127. The van der Waals surface area contributed by atoms with E-state index < -0.39 is 0 Å². The van der Waals surface area contributed by atoms with Crippen LogP contribution in [0.25, 0.3) is 0 Å². The maximum atomic E-state index is 12.0. The van der Waals surface area contributed by atoms with Crippen LogP contribution in [0.3, 0.4) is 0 Å². The number of nitrogens with one attached hydrogen (secondary N) is 3. The zero-order valence-electron chi connectivity index (χ0n) is 20.8. The molecule has 1 atom stereocenters. The average molecular weight is 566 g/mol. The highest BCUT2D eigenvalue weighted by Gasteiger charge is 2.28. The molecule has 6 nitrogen and oxygen atoms in total. The number of hydrogen-bond acceptors (Lipinski definition) is 3. The van der Waals surface area contributed by atoms with Gasteiger partial charge in [-0.05, 0) is 43.0 Å². The maximum absolute atomic E-state index is 12.0. The summed E-state index contributed by atoms with van der Waals surface area (Å²) >= 11 is 0. The van der Waals surface area contributed by atoms with Gasteiger partial charge >= 0.3 is 0 Å². The van der Waals surface area contributed by atoms with Gasteiger partial charge in [-0.3, -0.25) is 9.79 Å². The van der Waals surface area contributed by atoms with Gasteiger partial charge in [0.15, 0.2) is 5.96 Å². The van der Waals surface area contributed by atoms with E-state index in [9.17, 15) is 4.79 Å². The van der Waals surface area contributed by atoms with Crippen molar-refractivity contribution in [1.29, 1.82) is 0 Å². The average Bonchev–Trinajstić information content (AvgIpc) is 2.83. The molecule has 7 heteroatoms. The van der Waals surface area contributed by atoms with Gasteiger partial charge in [-0.15, -0.1) is 24.0 Å². The van der Waals surface area contributed by atoms with Crippen molar-refractivity contribution in [1.82, 2.24) is 20.9 Å². The molecule has 0 aromatic heterocycles. The Balaban J connectivity index is 0.00000544. The van der Waals surface area contributed by atoms with Crippen LogP contribution in [0.5, 0.6) is 0 Å². The zero-order chi connectivity index (χ0) is 23.6. The van der Waals surface area contributed by atoms with Gasteiger partial charge in [0.05, 0.1) is 0 Å². The van der Waals surface area contributed by atoms with E-state index in [1.165, 1.54) is 5.56 Å². The molecule has 1 amide bonds. The summed E-state index contributed by atoms with van der Waals surface area (Å²) in [7, 11) is 5.30. The van der Waals surface area contributed by atoms with Crippen molar-refractivity contribution in [2.75, 3.05) is 27.7 Å². The molecule has 0 saturated carbocycles. The SMILES string of the molecule is CCC(CC)(CNC(=NC)NCc1ccc(C(=O)N(C)C)cc1)NC(C)c1ccccc1.I. The summed E-state index contributed by atoms with van der Waals surface area (Å²) in [5.41, 5.74) is 3.03. The predicted molar refractivity (Wildman–Crippen MR) is 149 cm³/mol. The molecule has 2 aromatic carbocycles. The third-order valence-electron chi connectivity index (χ3n) is 6.06. The first-order valence-corrected chi connectivity index (χ1v) is 11.4. The molecule has 0 heterocycles. The summed E-state index contributed by atoms with van der Waals surface area (Å²) in [5, 5.41) is 10.7. The summed E-state index contributed by atoms with van der Waals surface area (Å²) in [6.07, 6.45) is 2.01. The van der Waals surface area contributed by atoms with Gasteiger partial charge in [-0.1, -0.05) is 56.3 Å². The number of nitrogens with zero attached hydrogens (tertiary/aromatic N) is 2. The molecule has 33 heavy (non-hydrogen) atoms. The van der Waals surface area contributed by atoms with Crippen LogP contribution in [0.4, 0.5) is 0 Å². The Labute approximate surface area is 216 Å². The number of halogens is 1. The third kappa shape index (κ3) is 8.62. The minimum atomic E-state index is -0.0406. The Kier molecular flexibility index (Phi) is 12.4. The molecule has 0 saturated heterocycles. The fraction of sp³-hybridized carbons (Fsp3) is 0.462. The van der Waals surface area contributed by atoms with Gasteiger partial charge < -0.3 is 20.9 Å². The predicted octanol–water partition coefficient (Wildman–Crippen LogP) is 4.58. The molecule has 182 valence electrons. The topological polar surface area (TPSA) is 68.8 Å². The van der Waals surface area contributed by atoms with Crippen molar-refractivity contribution in [2.24, 2.45) is 4.99 Å². The lowest BCUT2D eigenvalue weighted by atomic mass is 9.90.